The molecule has 1 saturated carbocycles. The van der Waals surface area contributed by atoms with Gasteiger partial charge >= 0.3 is 6.09 Å². The van der Waals surface area contributed by atoms with Crippen LogP contribution in [0.1, 0.15) is 67.2 Å². The van der Waals surface area contributed by atoms with Crippen LogP contribution in [0.5, 0.6) is 0 Å². The van der Waals surface area contributed by atoms with E-state index >= 15 is 0 Å². The first-order chi connectivity index (χ1) is 8.97. The third kappa shape index (κ3) is 4.70. The molecule has 0 aliphatic heterocycles. The predicted octanol–water partition coefficient (Wildman–Crippen LogP) is 4.01. The van der Waals surface area contributed by atoms with E-state index in [1.807, 2.05) is 20.8 Å². The van der Waals surface area contributed by atoms with Gasteiger partial charge < -0.3 is 10.1 Å². The van der Waals surface area contributed by atoms with Gasteiger partial charge in [-0.05, 0) is 57.8 Å². The Kier molecular flexibility index (Phi) is 4.74. The fraction of sp³-hybridized carbons (Fsp3) is 0.875. The molecule has 0 radical (unpaired) electrons. The van der Waals surface area contributed by atoms with Crippen LogP contribution in [0.2, 0.25) is 0 Å². The van der Waals surface area contributed by atoms with Gasteiger partial charge in [0.25, 0.3) is 0 Å². The molecule has 0 atom stereocenters. The van der Waals surface area contributed by atoms with Gasteiger partial charge in [0.1, 0.15) is 11.1 Å². The largest absolute Gasteiger partial charge is 0.444 e. The summed E-state index contributed by atoms with van der Waals surface area (Å²) in [5.41, 5.74) is -1.04. The zero-order chi connectivity index (χ0) is 15.6. The molecule has 0 aromatic heterocycles. The maximum absolute atomic E-state index is 11.9. The van der Waals surface area contributed by atoms with Gasteiger partial charge in [-0.2, -0.15) is 5.26 Å². The molecule has 0 bridgehead atoms. The average molecular weight is 280 g/mol. The van der Waals surface area contributed by atoms with Crippen LogP contribution in [-0.2, 0) is 4.74 Å². The highest BCUT2D eigenvalue weighted by atomic mass is 16.6. The van der Waals surface area contributed by atoms with Crippen molar-refractivity contribution in [3.8, 4) is 6.07 Å². The van der Waals surface area contributed by atoms with Crippen LogP contribution in [0.3, 0.4) is 0 Å². The Hall–Kier alpha value is -1.24. The van der Waals surface area contributed by atoms with Gasteiger partial charge in [-0.15, -0.1) is 0 Å². The molecule has 0 spiro atoms. The number of amides is 1. The van der Waals surface area contributed by atoms with Gasteiger partial charge in [-0.3, -0.25) is 0 Å². The van der Waals surface area contributed by atoms with E-state index < -0.39 is 17.2 Å². The molecule has 0 unspecified atom stereocenters. The van der Waals surface area contributed by atoms with Gasteiger partial charge in [0, 0.05) is 0 Å². The summed E-state index contributed by atoms with van der Waals surface area (Å²) in [6, 6.07) is 2.29. The normalized spacial score (nSPS) is 27.6. The molecule has 114 valence electrons. The van der Waals surface area contributed by atoms with Crippen LogP contribution in [0.15, 0.2) is 0 Å². The number of hydrogen-bond donors (Lipinski definition) is 1. The van der Waals surface area contributed by atoms with E-state index in [4.69, 9.17) is 4.74 Å². The van der Waals surface area contributed by atoms with Crippen molar-refractivity contribution in [2.24, 2.45) is 11.3 Å². The van der Waals surface area contributed by atoms with E-state index in [9.17, 15) is 10.1 Å². The van der Waals surface area contributed by atoms with Crippen LogP contribution >= 0.6 is 0 Å². The van der Waals surface area contributed by atoms with E-state index in [1.54, 1.807) is 0 Å². The zero-order valence-electron chi connectivity index (χ0n) is 13.7. The summed E-state index contributed by atoms with van der Waals surface area (Å²) in [5, 5.41) is 12.2. The molecule has 1 fully saturated rings. The van der Waals surface area contributed by atoms with Gasteiger partial charge in [0.15, 0.2) is 0 Å². The maximum Gasteiger partial charge on any atom is 0.408 e. The predicted molar refractivity (Wildman–Crippen MR) is 79.1 cm³/mol. The van der Waals surface area contributed by atoms with Crippen molar-refractivity contribution < 1.29 is 9.53 Å². The first kappa shape index (κ1) is 16.8. The lowest BCUT2D eigenvalue weighted by Gasteiger charge is -2.40. The lowest BCUT2D eigenvalue weighted by atomic mass is 9.68. The van der Waals surface area contributed by atoms with Crippen LogP contribution in [0.4, 0.5) is 4.79 Å². The summed E-state index contributed by atoms with van der Waals surface area (Å²) in [5.74, 6) is 0.601. The highest BCUT2D eigenvalue weighted by Crippen LogP contribution is 2.41. The fourth-order valence-corrected chi connectivity index (χ4v) is 2.74. The number of alkyl carbamates (subject to hydrolysis) is 1. The number of rotatable bonds is 1. The summed E-state index contributed by atoms with van der Waals surface area (Å²) in [6.45, 7) is 12.2. The molecule has 20 heavy (non-hydrogen) atoms. The minimum atomic E-state index is -0.760. The molecule has 0 aromatic carbocycles. The Bertz CT molecular complexity index is 388. The maximum atomic E-state index is 11.9. The quantitative estimate of drug-likeness (QED) is 0.789. The molecular formula is C16H28N2O2. The van der Waals surface area contributed by atoms with Crippen molar-refractivity contribution in [1.29, 1.82) is 5.26 Å². The smallest absolute Gasteiger partial charge is 0.408 e. The van der Waals surface area contributed by atoms with Gasteiger partial charge in [0.2, 0.25) is 0 Å². The van der Waals surface area contributed by atoms with Gasteiger partial charge in [-0.25, -0.2) is 4.79 Å². The third-order valence-corrected chi connectivity index (χ3v) is 4.02. The molecule has 4 heteroatoms. The van der Waals surface area contributed by atoms with Crippen LogP contribution in [0, 0.1) is 22.7 Å². The molecular weight excluding hydrogens is 252 g/mol. The summed E-state index contributed by atoms with van der Waals surface area (Å²) < 4.78 is 5.26. The minimum Gasteiger partial charge on any atom is -0.444 e. The summed E-state index contributed by atoms with van der Waals surface area (Å²) in [7, 11) is 0. The van der Waals surface area contributed by atoms with Crippen molar-refractivity contribution in [1.82, 2.24) is 5.32 Å². The Morgan fingerprint density at radius 3 is 2.05 bits per heavy atom. The second-order valence-corrected chi connectivity index (χ2v) is 7.96. The Balaban J connectivity index is 2.64. The number of ether oxygens (including phenoxy) is 1. The summed E-state index contributed by atoms with van der Waals surface area (Å²) >= 11 is 0. The standard InChI is InChI=1S/C16H28N2O2/c1-14(2,3)12-7-9-16(11-17,10-8-12)18-13(19)20-15(4,5)6/h12H,7-10H2,1-6H3,(H,18,19). The van der Waals surface area contributed by atoms with E-state index in [2.05, 4.69) is 32.2 Å². The number of nitrogens with zero attached hydrogens (tertiary/aromatic N) is 1. The lowest BCUT2D eigenvalue weighted by molar-refractivity contribution is 0.0431. The second kappa shape index (κ2) is 5.63. The second-order valence-electron chi connectivity index (χ2n) is 7.96. The zero-order valence-corrected chi connectivity index (χ0v) is 13.7. The minimum absolute atomic E-state index is 0.257. The Morgan fingerprint density at radius 1 is 1.20 bits per heavy atom. The summed E-state index contributed by atoms with van der Waals surface area (Å²) in [6.07, 6.45) is 2.84. The van der Waals surface area contributed by atoms with Crippen molar-refractivity contribution in [3.63, 3.8) is 0 Å². The van der Waals surface area contributed by atoms with E-state index in [1.165, 1.54) is 0 Å². The molecule has 4 nitrogen and oxygen atoms in total. The lowest BCUT2D eigenvalue weighted by Crippen LogP contribution is -2.51. The molecule has 1 amide bonds. The van der Waals surface area contributed by atoms with Crippen molar-refractivity contribution in [2.75, 3.05) is 0 Å². The number of carbonyl (C=O) groups excluding carboxylic acids is 1. The molecule has 0 heterocycles. The number of nitriles is 1. The Morgan fingerprint density at radius 2 is 1.70 bits per heavy atom. The molecule has 0 saturated heterocycles. The van der Waals surface area contributed by atoms with Crippen LogP contribution < -0.4 is 5.32 Å². The topological polar surface area (TPSA) is 62.1 Å². The highest BCUT2D eigenvalue weighted by Gasteiger charge is 2.40. The van der Waals surface area contributed by atoms with Crippen molar-refractivity contribution >= 4 is 6.09 Å². The fourth-order valence-electron chi connectivity index (χ4n) is 2.74. The van der Waals surface area contributed by atoms with Crippen molar-refractivity contribution in [2.45, 2.75) is 78.4 Å². The van der Waals surface area contributed by atoms with E-state index in [-0.39, 0.29) is 5.41 Å². The third-order valence-electron chi connectivity index (χ3n) is 4.02. The average Bonchev–Trinajstić information content (AvgIpc) is 2.25. The molecule has 1 N–H and O–H groups in total. The number of nitrogens with one attached hydrogen (secondary N) is 1. The molecule has 0 aromatic rings. The molecule has 1 aliphatic carbocycles. The van der Waals surface area contributed by atoms with Gasteiger partial charge in [-0.1, -0.05) is 20.8 Å². The molecule has 1 rings (SSSR count). The Labute approximate surface area is 122 Å². The summed E-state index contributed by atoms with van der Waals surface area (Å²) in [4.78, 5) is 11.9. The first-order valence-corrected chi connectivity index (χ1v) is 7.40. The number of hydrogen-bond acceptors (Lipinski definition) is 3. The van der Waals surface area contributed by atoms with E-state index in [0.29, 0.717) is 18.8 Å². The van der Waals surface area contributed by atoms with E-state index in [0.717, 1.165) is 12.8 Å². The SMILES string of the molecule is CC(C)(C)OC(=O)NC1(C#N)CCC(C(C)(C)C)CC1. The van der Waals surface area contributed by atoms with Crippen molar-refractivity contribution in [3.05, 3.63) is 0 Å². The molecule has 1 aliphatic rings. The monoisotopic (exact) mass is 280 g/mol. The first-order valence-electron chi connectivity index (χ1n) is 7.40. The van der Waals surface area contributed by atoms with Crippen LogP contribution in [-0.4, -0.2) is 17.2 Å². The van der Waals surface area contributed by atoms with Gasteiger partial charge in [0.05, 0.1) is 6.07 Å². The highest BCUT2D eigenvalue weighted by molar-refractivity contribution is 5.69. The van der Waals surface area contributed by atoms with Crippen LogP contribution in [0.25, 0.3) is 0 Å². The number of carbonyl (C=O) groups is 1.